The summed E-state index contributed by atoms with van der Waals surface area (Å²) >= 11 is 14.6. The molecule has 0 saturated carbocycles. The first kappa shape index (κ1) is 51.9. The summed E-state index contributed by atoms with van der Waals surface area (Å²) in [6.07, 6.45) is 4.53. The van der Waals surface area contributed by atoms with Gasteiger partial charge in [-0.2, -0.15) is 0 Å². The van der Waals surface area contributed by atoms with E-state index >= 15 is 0 Å². The fraction of sp³-hybridized carbons (Fsp3) is 0.304. The number of benzene rings is 4. The van der Waals surface area contributed by atoms with Crippen molar-refractivity contribution in [1.29, 1.82) is 0 Å². The Hall–Kier alpha value is -4.24. The van der Waals surface area contributed by atoms with Gasteiger partial charge in [0.25, 0.3) is 0 Å². The zero-order valence-corrected chi connectivity index (χ0v) is 40.7. The van der Waals surface area contributed by atoms with Crippen molar-refractivity contribution in [2.75, 3.05) is 26.4 Å². The molecule has 60 heavy (non-hydrogen) atoms. The molecule has 0 spiro atoms. The normalized spacial score (nSPS) is 10.7. The van der Waals surface area contributed by atoms with Crippen LogP contribution in [0.15, 0.2) is 116 Å². The van der Waals surface area contributed by atoms with E-state index in [4.69, 9.17) is 29.2 Å². The Morgan fingerprint density at radius 1 is 0.617 bits per heavy atom. The number of hydrogen-bond donors (Lipinski definition) is 2. The minimum Gasteiger partial charge on any atom is -0.491 e. The topological polar surface area (TPSA) is 146 Å². The molecular formula is C46H50Br4O10. The van der Waals surface area contributed by atoms with Crippen LogP contribution in [0.4, 0.5) is 0 Å². The molecule has 4 aromatic rings. The van der Waals surface area contributed by atoms with Gasteiger partial charge in [0, 0.05) is 5.41 Å². The van der Waals surface area contributed by atoms with E-state index in [0.717, 1.165) is 47.1 Å². The Kier molecular flexibility index (Phi) is 22.1. The van der Waals surface area contributed by atoms with Crippen LogP contribution in [-0.4, -0.2) is 60.5 Å². The second kappa shape index (κ2) is 25.5. The Morgan fingerprint density at radius 2 is 1.03 bits per heavy atom. The van der Waals surface area contributed by atoms with E-state index in [2.05, 4.69) is 131 Å². The van der Waals surface area contributed by atoms with Gasteiger partial charge in [-0.3, -0.25) is 0 Å². The molecule has 0 radical (unpaired) electrons. The van der Waals surface area contributed by atoms with Crippen molar-refractivity contribution >= 4 is 87.6 Å². The highest BCUT2D eigenvalue weighted by molar-refractivity contribution is 9.11. The average molecular weight is 1080 g/mol. The number of rotatable bonds is 17. The van der Waals surface area contributed by atoms with Gasteiger partial charge in [-0.15, -0.1) is 6.58 Å². The number of halogens is 4. The third-order valence-electron chi connectivity index (χ3n) is 8.22. The highest BCUT2D eigenvalue weighted by atomic mass is 79.9. The van der Waals surface area contributed by atoms with Crippen LogP contribution >= 0.6 is 63.7 Å². The summed E-state index contributed by atoms with van der Waals surface area (Å²) in [5, 5.41) is 17.8. The second-order valence-electron chi connectivity index (χ2n) is 14.4. The number of esters is 2. The predicted octanol–water partition coefficient (Wildman–Crippen LogP) is 13.0. The Morgan fingerprint density at radius 3 is 1.40 bits per heavy atom. The fourth-order valence-electron chi connectivity index (χ4n) is 5.01. The van der Waals surface area contributed by atoms with Gasteiger partial charge in [-0.1, -0.05) is 72.4 Å². The highest BCUT2D eigenvalue weighted by Gasteiger charge is 2.27. The monoisotopic (exact) mass is 1080 g/mol. The van der Waals surface area contributed by atoms with Crippen LogP contribution in [0, 0.1) is 11.8 Å². The number of carboxylic acids is 2. The summed E-state index contributed by atoms with van der Waals surface area (Å²) < 4.78 is 25.1. The van der Waals surface area contributed by atoms with Gasteiger partial charge in [0.1, 0.15) is 31.3 Å². The quantitative estimate of drug-likeness (QED) is 0.0595. The molecule has 0 aliphatic heterocycles. The largest absolute Gasteiger partial charge is 0.491 e. The molecule has 0 amide bonds. The van der Waals surface area contributed by atoms with E-state index in [1.807, 2.05) is 18.2 Å². The Balaban J connectivity index is 0.000000484. The van der Waals surface area contributed by atoms with Crippen molar-refractivity contribution in [3.8, 4) is 11.5 Å². The molecule has 0 saturated heterocycles. The number of carbonyl (C=O) groups is 4. The molecule has 0 aromatic heterocycles. The van der Waals surface area contributed by atoms with Gasteiger partial charge >= 0.3 is 23.9 Å². The summed E-state index contributed by atoms with van der Waals surface area (Å²) in [4.78, 5) is 45.3. The van der Waals surface area contributed by atoms with Gasteiger partial charge in [-0.05, 0) is 154 Å². The Bertz CT molecular complexity index is 2080. The van der Waals surface area contributed by atoms with Crippen molar-refractivity contribution in [3.63, 3.8) is 0 Å². The smallest absolute Gasteiger partial charge is 0.338 e. The number of aromatic carboxylic acids is 2. The summed E-state index contributed by atoms with van der Waals surface area (Å²) in [6, 6.07) is 19.5. The minimum absolute atomic E-state index is 0.00443. The molecule has 14 heteroatoms. The van der Waals surface area contributed by atoms with Crippen LogP contribution in [0.25, 0.3) is 0 Å². The van der Waals surface area contributed by atoms with Crippen molar-refractivity contribution in [1.82, 2.24) is 0 Å². The lowest BCUT2D eigenvalue weighted by Crippen LogP contribution is -2.20. The molecule has 0 unspecified atom stereocenters. The molecule has 0 aliphatic rings. The van der Waals surface area contributed by atoms with E-state index in [-0.39, 0.29) is 47.5 Å². The standard InChI is InChI=1S/C29H28Br4O6.C11H10O4.C6H12/c1-16(2)15-39-26-23(32)13-20(14-24(26)33)29(3,4)19-11-21(30)25(22(31)12-19)37-8-9-38-28(36)18-7-5-6-17(10-18)27(34)35;1-2-6-15-11(14)9-5-3-4-8(7-9)10(12)13;1-4-5-6(2)3/h5-7,10-14,16H,8-9,15H2,1-4H3,(H,34,35);2-5,7H,1,6H2,(H,12,13);4,6H,1,5H2,2-3H3. The molecule has 2 N–H and O–H groups in total. The van der Waals surface area contributed by atoms with Gasteiger partial charge in [0.15, 0.2) is 0 Å². The first-order valence-electron chi connectivity index (χ1n) is 18.7. The van der Waals surface area contributed by atoms with Crippen molar-refractivity contribution < 1.29 is 48.3 Å². The van der Waals surface area contributed by atoms with E-state index in [9.17, 15) is 19.2 Å². The minimum atomic E-state index is -1.11. The third-order valence-corrected chi connectivity index (χ3v) is 10.6. The number of ether oxygens (including phenoxy) is 4. The summed E-state index contributed by atoms with van der Waals surface area (Å²) in [5.41, 5.74) is 2.25. The lowest BCUT2D eigenvalue weighted by Gasteiger charge is -2.28. The van der Waals surface area contributed by atoms with Gasteiger partial charge < -0.3 is 29.2 Å². The first-order chi connectivity index (χ1) is 28.2. The molecule has 0 aliphatic carbocycles. The number of carbonyl (C=O) groups excluding carboxylic acids is 2. The molecule has 0 fully saturated rings. The van der Waals surface area contributed by atoms with Crippen LogP contribution in [0.2, 0.25) is 0 Å². The molecule has 0 heterocycles. The molecule has 0 atom stereocenters. The molecule has 4 rings (SSSR count). The van der Waals surface area contributed by atoms with Crippen LogP contribution in [0.5, 0.6) is 11.5 Å². The van der Waals surface area contributed by atoms with E-state index in [0.29, 0.717) is 18.3 Å². The van der Waals surface area contributed by atoms with Crippen LogP contribution in [0.3, 0.4) is 0 Å². The van der Waals surface area contributed by atoms with E-state index in [1.54, 1.807) is 0 Å². The van der Waals surface area contributed by atoms with Crippen molar-refractivity contribution in [2.45, 2.75) is 53.4 Å². The number of carboxylic acid groups (broad SMARTS) is 2. The second-order valence-corrected chi connectivity index (χ2v) is 17.8. The Labute approximate surface area is 385 Å². The number of hydrogen-bond acceptors (Lipinski definition) is 8. The molecule has 0 bridgehead atoms. The van der Waals surface area contributed by atoms with Crippen LogP contribution in [-0.2, 0) is 14.9 Å². The lowest BCUT2D eigenvalue weighted by atomic mass is 9.78. The molecule has 322 valence electrons. The van der Waals surface area contributed by atoms with Crippen molar-refractivity contribution in [2.24, 2.45) is 11.8 Å². The maximum Gasteiger partial charge on any atom is 0.338 e. The van der Waals surface area contributed by atoms with Crippen LogP contribution in [0.1, 0.15) is 101 Å². The third kappa shape index (κ3) is 16.7. The summed E-state index contributed by atoms with van der Waals surface area (Å²) in [6.45, 7) is 20.7. The predicted molar refractivity (Wildman–Crippen MR) is 249 cm³/mol. The fourth-order valence-corrected chi connectivity index (χ4v) is 7.84. The van der Waals surface area contributed by atoms with Crippen LogP contribution < -0.4 is 9.47 Å². The maximum atomic E-state index is 12.3. The average Bonchev–Trinajstić information content (AvgIpc) is 3.19. The zero-order valence-electron chi connectivity index (χ0n) is 34.4. The van der Waals surface area contributed by atoms with Crippen molar-refractivity contribution in [3.05, 3.63) is 149 Å². The first-order valence-corrected chi connectivity index (χ1v) is 21.9. The SMILES string of the molecule is C=CCC(C)C.C=CCOC(=O)c1cccc(C(=O)O)c1.CC(C)COc1c(Br)cc(C(C)(C)c2cc(Br)c(OCCOC(=O)c3cccc(C(=O)O)c3)c(Br)c2)cc1Br. The van der Waals surface area contributed by atoms with Gasteiger partial charge in [0.05, 0.1) is 46.8 Å². The highest BCUT2D eigenvalue weighted by Crippen LogP contribution is 2.44. The molecular weight excluding hydrogens is 1030 g/mol. The summed E-state index contributed by atoms with van der Waals surface area (Å²) in [7, 11) is 0. The maximum absolute atomic E-state index is 12.3. The lowest BCUT2D eigenvalue weighted by molar-refractivity contribution is 0.0448. The van der Waals surface area contributed by atoms with E-state index in [1.165, 1.54) is 54.6 Å². The number of allylic oxidation sites excluding steroid dienone is 1. The van der Waals surface area contributed by atoms with Gasteiger partial charge in [-0.25, -0.2) is 19.2 Å². The molecule has 10 nitrogen and oxygen atoms in total. The van der Waals surface area contributed by atoms with E-state index < -0.39 is 23.9 Å². The zero-order chi connectivity index (χ0) is 45.2. The van der Waals surface area contributed by atoms with Gasteiger partial charge in [0.2, 0.25) is 0 Å². The molecule has 4 aromatic carbocycles. The summed E-state index contributed by atoms with van der Waals surface area (Å²) in [5.74, 6) is -0.799.